The van der Waals surface area contributed by atoms with Gasteiger partial charge in [0.05, 0.1) is 19.7 Å². The minimum atomic E-state index is -0.761. The molecular formula is C23H21NO6. The van der Waals surface area contributed by atoms with Crippen LogP contribution in [-0.2, 0) is 19.1 Å². The molecule has 0 spiro atoms. The maximum absolute atomic E-state index is 11.7. The lowest BCUT2D eigenvalue weighted by atomic mass is 10.1. The lowest BCUT2D eigenvalue weighted by molar-refractivity contribution is -0.143. The number of pyridine rings is 1. The van der Waals surface area contributed by atoms with E-state index in [4.69, 9.17) is 9.47 Å². The first-order valence-electron chi connectivity index (χ1n) is 9.19. The number of aromatic nitrogens is 1. The van der Waals surface area contributed by atoms with Gasteiger partial charge >= 0.3 is 11.9 Å². The number of esters is 2. The molecule has 0 amide bonds. The molecule has 7 nitrogen and oxygen atoms in total. The Hall–Kier alpha value is -3.87. The first kappa shape index (κ1) is 20.9. The summed E-state index contributed by atoms with van der Waals surface area (Å²) in [6.07, 6.45) is 3.14. The Balaban J connectivity index is 1.54. The maximum Gasteiger partial charge on any atom is 0.345 e. The van der Waals surface area contributed by atoms with Crippen LogP contribution in [0.1, 0.15) is 5.56 Å². The van der Waals surface area contributed by atoms with Gasteiger partial charge in [-0.15, -0.1) is 0 Å². The van der Waals surface area contributed by atoms with E-state index in [9.17, 15) is 9.59 Å². The van der Waals surface area contributed by atoms with Gasteiger partial charge in [0.2, 0.25) is 0 Å². The minimum Gasteiger partial charge on any atom is -0.490 e. The SMILES string of the molecule is COC(=O)C(=Cc1ccc(OCCOc2ccc3cccnc3c2)cc1)C(=O)OC. The first-order chi connectivity index (χ1) is 14.6. The summed E-state index contributed by atoms with van der Waals surface area (Å²) in [7, 11) is 2.40. The minimum absolute atomic E-state index is 0.188. The van der Waals surface area contributed by atoms with Gasteiger partial charge in [-0.05, 0) is 42.0 Å². The molecule has 0 saturated heterocycles. The molecule has 0 aliphatic carbocycles. The lowest BCUT2D eigenvalue weighted by Gasteiger charge is -2.09. The predicted octanol–water partition coefficient (Wildman–Crippen LogP) is 3.42. The van der Waals surface area contributed by atoms with Gasteiger partial charge < -0.3 is 18.9 Å². The van der Waals surface area contributed by atoms with Gasteiger partial charge in [0, 0.05) is 17.6 Å². The number of carbonyl (C=O) groups excluding carboxylic acids is 2. The van der Waals surface area contributed by atoms with Crippen molar-refractivity contribution in [2.75, 3.05) is 27.4 Å². The summed E-state index contributed by atoms with van der Waals surface area (Å²) in [5.41, 5.74) is 1.32. The van der Waals surface area contributed by atoms with E-state index in [1.54, 1.807) is 30.5 Å². The molecule has 1 heterocycles. The van der Waals surface area contributed by atoms with E-state index in [1.807, 2.05) is 30.3 Å². The van der Waals surface area contributed by atoms with Gasteiger partial charge in [-0.25, -0.2) is 9.59 Å². The van der Waals surface area contributed by atoms with E-state index >= 15 is 0 Å². The Morgan fingerprint density at radius 2 is 1.50 bits per heavy atom. The van der Waals surface area contributed by atoms with Crippen molar-refractivity contribution in [3.05, 3.63) is 71.9 Å². The van der Waals surface area contributed by atoms with Crippen LogP contribution >= 0.6 is 0 Å². The second kappa shape index (κ2) is 10.1. The topological polar surface area (TPSA) is 84.0 Å². The van der Waals surface area contributed by atoms with Crippen LogP contribution in [0.2, 0.25) is 0 Å². The van der Waals surface area contributed by atoms with Crippen LogP contribution in [-0.4, -0.2) is 44.4 Å². The highest BCUT2D eigenvalue weighted by Crippen LogP contribution is 2.19. The molecule has 7 heteroatoms. The van der Waals surface area contributed by atoms with Crippen LogP contribution in [0.3, 0.4) is 0 Å². The summed E-state index contributed by atoms with van der Waals surface area (Å²) >= 11 is 0. The van der Waals surface area contributed by atoms with Crippen molar-refractivity contribution in [1.29, 1.82) is 0 Å². The predicted molar refractivity (Wildman–Crippen MR) is 111 cm³/mol. The highest BCUT2D eigenvalue weighted by Gasteiger charge is 2.19. The molecule has 0 N–H and O–H groups in total. The van der Waals surface area contributed by atoms with Crippen LogP contribution in [0, 0.1) is 0 Å². The molecule has 0 aliphatic heterocycles. The van der Waals surface area contributed by atoms with Gasteiger partial charge in [0.1, 0.15) is 30.3 Å². The second-order valence-electron chi connectivity index (χ2n) is 6.17. The molecule has 3 rings (SSSR count). The Bertz CT molecular complexity index is 1040. The largest absolute Gasteiger partial charge is 0.490 e. The molecule has 0 bridgehead atoms. The Labute approximate surface area is 173 Å². The number of benzene rings is 2. The molecule has 2 aromatic carbocycles. The summed E-state index contributed by atoms with van der Waals surface area (Å²) in [6.45, 7) is 0.722. The molecule has 30 heavy (non-hydrogen) atoms. The molecular weight excluding hydrogens is 386 g/mol. The fourth-order valence-electron chi connectivity index (χ4n) is 2.70. The monoisotopic (exact) mass is 407 g/mol. The van der Waals surface area contributed by atoms with E-state index in [2.05, 4.69) is 14.5 Å². The van der Waals surface area contributed by atoms with Crippen molar-refractivity contribution in [3.63, 3.8) is 0 Å². The third-order valence-corrected chi connectivity index (χ3v) is 4.20. The number of nitrogens with zero attached hydrogens (tertiary/aromatic N) is 1. The average molecular weight is 407 g/mol. The molecule has 3 aromatic rings. The summed E-state index contributed by atoms with van der Waals surface area (Å²) in [5, 5.41) is 1.05. The molecule has 0 fully saturated rings. The standard InChI is InChI=1S/C23H21NO6/c1-27-22(25)20(23(26)28-2)14-16-5-8-18(9-6-16)29-12-13-30-19-10-7-17-4-3-11-24-21(17)15-19/h3-11,14-15H,12-13H2,1-2H3. The van der Waals surface area contributed by atoms with Crippen LogP contribution in [0.25, 0.3) is 17.0 Å². The van der Waals surface area contributed by atoms with Crippen LogP contribution in [0.15, 0.2) is 66.4 Å². The van der Waals surface area contributed by atoms with Crippen LogP contribution < -0.4 is 9.47 Å². The lowest BCUT2D eigenvalue weighted by Crippen LogP contribution is -2.15. The number of hydrogen-bond acceptors (Lipinski definition) is 7. The van der Waals surface area contributed by atoms with Gasteiger partial charge in [0.25, 0.3) is 0 Å². The smallest absolute Gasteiger partial charge is 0.345 e. The number of methoxy groups -OCH3 is 2. The zero-order valence-electron chi connectivity index (χ0n) is 16.7. The number of rotatable bonds is 8. The van der Waals surface area contributed by atoms with E-state index < -0.39 is 11.9 Å². The zero-order valence-corrected chi connectivity index (χ0v) is 16.7. The first-order valence-corrected chi connectivity index (χ1v) is 9.19. The quantitative estimate of drug-likeness (QED) is 0.186. The highest BCUT2D eigenvalue weighted by atomic mass is 16.5. The third-order valence-electron chi connectivity index (χ3n) is 4.20. The number of carbonyl (C=O) groups is 2. The van der Waals surface area contributed by atoms with Crippen molar-refractivity contribution < 1.29 is 28.5 Å². The van der Waals surface area contributed by atoms with Gasteiger partial charge in [0.15, 0.2) is 0 Å². The fourth-order valence-corrected chi connectivity index (χ4v) is 2.70. The maximum atomic E-state index is 11.7. The second-order valence-corrected chi connectivity index (χ2v) is 6.17. The van der Waals surface area contributed by atoms with E-state index in [0.717, 1.165) is 16.7 Å². The summed E-state index contributed by atoms with van der Waals surface area (Å²) in [6, 6.07) is 16.5. The summed E-state index contributed by atoms with van der Waals surface area (Å²) in [5.74, 6) is -0.163. The highest BCUT2D eigenvalue weighted by molar-refractivity contribution is 6.17. The van der Waals surface area contributed by atoms with Crippen LogP contribution in [0.4, 0.5) is 0 Å². The Morgan fingerprint density at radius 1 is 0.867 bits per heavy atom. The number of fused-ring (bicyclic) bond motifs is 1. The molecule has 0 aliphatic rings. The Morgan fingerprint density at radius 3 is 2.17 bits per heavy atom. The molecule has 0 saturated carbocycles. The van der Waals surface area contributed by atoms with Gasteiger partial charge in [-0.2, -0.15) is 0 Å². The number of hydrogen-bond donors (Lipinski definition) is 0. The zero-order chi connectivity index (χ0) is 21.3. The molecule has 154 valence electrons. The number of ether oxygens (including phenoxy) is 4. The molecule has 1 aromatic heterocycles. The van der Waals surface area contributed by atoms with Gasteiger partial charge in [-0.3, -0.25) is 4.98 Å². The third kappa shape index (κ3) is 5.35. The Kier molecular flexibility index (Phi) is 7.00. The molecule has 0 radical (unpaired) electrons. The van der Waals surface area contributed by atoms with Crippen molar-refractivity contribution in [1.82, 2.24) is 4.98 Å². The molecule has 0 unspecified atom stereocenters. The van der Waals surface area contributed by atoms with E-state index in [-0.39, 0.29) is 5.57 Å². The fraction of sp³-hybridized carbons (Fsp3) is 0.174. The van der Waals surface area contributed by atoms with Gasteiger partial charge in [-0.1, -0.05) is 18.2 Å². The van der Waals surface area contributed by atoms with Crippen molar-refractivity contribution in [3.8, 4) is 11.5 Å². The van der Waals surface area contributed by atoms with E-state index in [0.29, 0.717) is 24.5 Å². The van der Waals surface area contributed by atoms with Crippen molar-refractivity contribution in [2.24, 2.45) is 0 Å². The van der Waals surface area contributed by atoms with Crippen molar-refractivity contribution in [2.45, 2.75) is 0 Å². The average Bonchev–Trinajstić information content (AvgIpc) is 2.80. The van der Waals surface area contributed by atoms with Crippen molar-refractivity contribution >= 4 is 28.9 Å². The van der Waals surface area contributed by atoms with Crippen LogP contribution in [0.5, 0.6) is 11.5 Å². The normalized spacial score (nSPS) is 10.2. The summed E-state index contributed by atoms with van der Waals surface area (Å²) < 4.78 is 20.6. The molecule has 0 atom stereocenters. The van der Waals surface area contributed by atoms with E-state index in [1.165, 1.54) is 20.3 Å². The summed E-state index contributed by atoms with van der Waals surface area (Å²) in [4.78, 5) is 27.7.